The lowest BCUT2D eigenvalue weighted by molar-refractivity contribution is 0.414. The van der Waals surface area contributed by atoms with Gasteiger partial charge >= 0.3 is 0 Å². The minimum absolute atomic E-state index is 0. The third kappa shape index (κ3) is 5.71. The highest BCUT2D eigenvalue weighted by molar-refractivity contribution is 7.92. The summed E-state index contributed by atoms with van der Waals surface area (Å²) in [6.07, 6.45) is 1.61. The summed E-state index contributed by atoms with van der Waals surface area (Å²) in [7, 11) is -0.396. The molecule has 0 amide bonds. The number of anilines is 2. The lowest BCUT2D eigenvalue weighted by Gasteiger charge is -2.17. The molecule has 2 aromatic carbocycles. The molecule has 0 fully saturated rings. The molecule has 10 heteroatoms. The zero-order valence-corrected chi connectivity index (χ0v) is 18.9. The van der Waals surface area contributed by atoms with Crippen LogP contribution in [0, 0.1) is 0 Å². The van der Waals surface area contributed by atoms with Gasteiger partial charge in [-0.2, -0.15) is 0 Å². The van der Waals surface area contributed by atoms with Gasteiger partial charge in [0.1, 0.15) is 17.2 Å². The number of pyridine rings is 1. The zero-order valence-electron chi connectivity index (χ0n) is 17.3. The van der Waals surface area contributed by atoms with Crippen molar-refractivity contribution in [3.05, 3.63) is 65.1 Å². The van der Waals surface area contributed by atoms with E-state index in [0.29, 0.717) is 39.8 Å². The van der Waals surface area contributed by atoms with Gasteiger partial charge in [0, 0.05) is 47.9 Å². The fourth-order valence-corrected chi connectivity index (χ4v) is 3.46. The van der Waals surface area contributed by atoms with Crippen LogP contribution in [0.5, 0.6) is 17.2 Å². The number of nitrogens with one attached hydrogen (secondary N) is 1. The third-order valence-electron chi connectivity index (χ3n) is 4.42. The molecular formula is C21H24ClN3O5S. The Hall–Kier alpha value is -3.17. The topological polar surface area (TPSA) is 113 Å². The Balaban J connectivity index is 0.00000341. The van der Waals surface area contributed by atoms with Gasteiger partial charge in [-0.3, -0.25) is 9.52 Å². The van der Waals surface area contributed by atoms with Crippen molar-refractivity contribution in [2.75, 3.05) is 23.3 Å². The number of benzene rings is 2. The molecule has 1 heterocycles. The van der Waals surface area contributed by atoms with Gasteiger partial charge in [-0.1, -0.05) is 6.07 Å². The second kappa shape index (κ2) is 9.76. The summed E-state index contributed by atoms with van der Waals surface area (Å²) < 4.78 is 39.4. The minimum Gasteiger partial charge on any atom is -0.496 e. The molecule has 0 aliphatic carbocycles. The van der Waals surface area contributed by atoms with Crippen LogP contribution in [-0.4, -0.2) is 25.8 Å². The molecule has 0 radical (unpaired) electrons. The van der Waals surface area contributed by atoms with Crippen molar-refractivity contribution in [2.24, 2.45) is 7.05 Å². The summed E-state index contributed by atoms with van der Waals surface area (Å²) in [6.45, 7) is 1.55. The van der Waals surface area contributed by atoms with Crippen LogP contribution >= 0.6 is 12.4 Å². The highest BCUT2D eigenvalue weighted by Crippen LogP contribution is 2.39. The van der Waals surface area contributed by atoms with E-state index in [1.807, 2.05) is 0 Å². The lowest BCUT2D eigenvalue weighted by Crippen LogP contribution is -2.16. The van der Waals surface area contributed by atoms with E-state index in [9.17, 15) is 13.2 Å². The molecule has 3 rings (SSSR count). The van der Waals surface area contributed by atoms with Gasteiger partial charge in [0.05, 0.1) is 12.9 Å². The van der Waals surface area contributed by atoms with E-state index in [1.165, 1.54) is 17.7 Å². The van der Waals surface area contributed by atoms with E-state index in [-0.39, 0.29) is 23.7 Å². The quantitative estimate of drug-likeness (QED) is 0.515. The van der Waals surface area contributed by atoms with Crippen molar-refractivity contribution < 1.29 is 17.9 Å². The number of rotatable bonds is 7. The molecule has 0 aliphatic heterocycles. The van der Waals surface area contributed by atoms with E-state index >= 15 is 0 Å². The number of halogens is 1. The van der Waals surface area contributed by atoms with Crippen LogP contribution in [0.1, 0.15) is 6.92 Å². The number of sulfonamides is 1. The smallest absolute Gasteiger partial charge is 0.254 e. The van der Waals surface area contributed by atoms with Gasteiger partial charge in [0.2, 0.25) is 10.0 Å². The standard InChI is InChI=1S/C21H23N3O5S.ClH/c1-4-30(26,27)23-15-8-9-19(29-16-7-5-6-14(22)10-16)17(11-15)18-13-24(2)21(25)12-20(18)28-3;/h5-13,23H,4,22H2,1-3H3;1H. The van der Waals surface area contributed by atoms with Crippen LogP contribution in [0.15, 0.2) is 59.5 Å². The largest absolute Gasteiger partial charge is 0.496 e. The Kier molecular flexibility index (Phi) is 7.59. The first-order chi connectivity index (χ1) is 14.2. The first-order valence-electron chi connectivity index (χ1n) is 9.15. The highest BCUT2D eigenvalue weighted by atomic mass is 35.5. The Morgan fingerprint density at radius 1 is 1.06 bits per heavy atom. The Labute approximate surface area is 187 Å². The van der Waals surface area contributed by atoms with Crippen LogP contribution in [0.2, 0.25) is 0 Å². The van der Waals surface area contributed by atoms with Crippen molar-refractivity contribution in [1.29, 1.82) is 0 Å². The van der Waals surface area contributed by atoms with E-state index in [2.05, 4.69) is 4.72 Å². The fourth-order valence-electron chi connectivity index (χ4n) is 2.83. The number of aryl methyl sites for hydroxylation is 1. The molecular weight excluding hydrogens is 442 g/mol. The Morgan fingerprint density at radius 2 is 1.81 bits per heavy atom. The molecule has 0 spiro atoms. The summed E-state index contributed by atoms with van der Waals surface area (Å²) in [5.74, 6) is 1.23. The number of hydrogen-bond acceptors (Lipinski definition) is 6. The maximum absolute atomic E-state index is 12.0. The number of hydrogen-bond donors (Lipinski definition) is 2. The van der Waals surface area contributed by atoms with Gasteiger partial charge in [-0.15, -0.1) is 12.4 Å². The zero-order chi connectivity index (χ0) is 21.9. The second-order valence-corrected chi connectivity index (χ2v) is 8.61. The van der Waals surface area contributed by atoms with Crippen molar-refractivity contribution in [3.63, 3.8) is 0 Å². The minimum atomic E-state index is -3.47. The van der Waals surface area contributed by atoms with E-state index in [4.69, 9.17) is 15.2 Å². The van der Waals surface area contributed by atoms with Crippen LogP contribution in [0.25, 0.3) is 11.1 Å². The number of methoxy groups -OCH3 is 1. The van der Waals surface area contributed by atoms with Gasteiger partial charge in [-0.25, -0.2) is 8.42 Å². The van der Waals surface area contributed by atoms with E-state index < -0.39 is 10.0 Å². The molecule has 1 aromatic heterocycles. The lowest BCUT2D eigenvalue weighted by atomic mass is 10.0. The van der Waals surface area contributed by atoms with E-state index in [0.717, 1.165) is 0 Å². The van der Waals surface area contributed by atoms with Gasteiger partial charge in [0.15, 0.2) is 0 Å². The first kappa shape index (κ1) is 24.1. The van der Waals surface area contributed by atoms with E-state index in [1.54, 1.807) is 62.6 Å². The second-order valence-electron chi connectivity index (χ2n) is 6.60. The summed E-state index contributed by atoms with van der Waals surface area (Å²) in [6, 6.07) is 13.2. The number of ether oxygens (including phenoxy) is 2. The Bertz CT molecular complexity index is 1240. The normalized spacial score (nSPS) is 10.8. The van der Waals surface area contributed by atoms with Gasteiger partial charge in [-0.05, 0) is 37.3 Å². The molecule has 31 heavy (non-hydrogen) atoms. The average molecular weight is 466 g/mol. The molecule has 0 saturated carbocycles. The van der Waals surface area contributed by atoms with Crippen LogP contribution in [0.3, 0.4) is 0 Å². The van der Waals surface area contributed by atoms with Crippen LogP contribution in [0.4, 0.5) is 11.4 Å². The van der Waals surface area contributed by atoms with Gasteiger partial charge in [0.25, 0.3) is 5.56 Å². The summed E-state index contributed by atoms with van der Waals surface area (Å²) >= 11 is 0. The molecule has 0 unspecified atom stereocenters. The number of nitrogens with zero attached hydrogens (tertiary/aromatic N) is 1. The monoisotopic (exact) mass is 465 g/mol. The predicted molar refractivity (Wildman–Crippen MR) is 125 cm³/mol. The number of nitrogens with two attached hydrogens (primary N) is 1. The number of aromatic nitrogens is 1. The summed E-state index contributed by atoms with van der Waals surface area (Å²) in [5, 5.41) is 0. The summed E-state index contributed by atoms with van der Waals surface area (Å²) in [4.78, 5) is 12.0. The van der Waals surface area contributed by atoms with Gasteiger partial charge < -0.3 is 19.8 Å². The third-order valence-corrected chi connectivity index (χ3v) is 5.73. The fraction of sp³-hybridized carbons (Fsp3) is 0.190. The maximum atomic E-state index is 12.0. The molecule has 8 nitrogen and oxygen atoms in total. The summed E-state index contributed by atoms with van der Waals surface area (Å²) in [5.41, 5.74) is 7.61. The molecule has 0 saturated heterocycles. The van der Waals surface area contributed by atoms with Crippen molar-refractivity contribution >= 4 is 33.8 Å². The first-order valence-corrected chi connectivity index (χ1v) is 10.8. The molecule has 0 atom stereocenters. The Morgan fingerprint density at radius 3 is 2.45 bits per heavy atom. The highest BCUT2D eigenvalue weighted by Gasteiger charge is 2.17. The molecule has 0 aliphatic rings. The number of nitrogen functional groups attached to an aromatic ring is 1. The molecule has 3 aromatic rings. The van der Waals surface area contributed by atoms with Crippen LogP contribution in [-0.2, 0) is 17.1 Å². The SMILES string of the molecule is CCS(=O)(=O)Nc1ccc(Oc2cccc(N)c2)c(-c2cn(C)c(=O)cc2OC)c1.Cl. The van der Waals surface area contributed by atoms with Crippen LogP contribution < -0.4 is 25.5 Å². The molecule has 166 valence electrons. The predicted octanol–water partition coefficient (Wildman–Crippen LogP) is 3.62. The van der Waals surface area contributed by atoms with Crippen molar-refractivity contribution in [2.45, 2.75) is 6.92 Å². The average Bonchev–Trinajstić information content (AvgIpc) is 2.70. The molecule has 3 N–H and O–H groups in total. The van der Waals surface area contributed by atoms with Crippen molar-refractivity contribution in [1.82, 2.24) is 4.57 Å². The van der Waals surface area contributed by atoms with Crippen molar-refractivity contribution in [3.8, 4) is 28.4 Å². The molecule has 0 bridgehead atoms. The maximum Gasteiger partial charge on any atom is 0.254 e.